The molecule has 1 saturated heterocycles. The molecule has 1 aliphatic heterocycles. The van der Waals surface area contributed by atoms with Gasteiger partial charge in [0.1, 0.15) is 5.82 Å². The van der Waals surface area contributed by atoms with Gasteiger partial charge in [0.15, 0.2) is 0 Å². The number of carbonyl (C=O) groups excluding carboxylic acids is 1. The summed E-state index contributed by atoms with van der Waals surface area (Å²) in [5.41, 5.74) is 1.29. The molecule has 1 amide bonds. The molecule has 5 heteroatoms. The van der Waals surface area contributed by atoms with Gasteiger partial charge in [0, 0.05) is 17.4 Å². The quantitative estimate of drug-likeness (QED) is 0.831. The molecule has 0 bridgehead atoms. The van der Waals surface area contributed by atoms with Crippen LogP contribution in [-0.2, 0) is 4.79 Å². The highest BCUT2D eigenvalue weighted by Crippen LogP contribution is 2.31. The Hall–Kier alpha value is -0.550. The molecule has 1 aliphatic rings. The molecule has 1 atom stereocenters. The van der Waals surface area contributed by atoms with Crippen LogP contribution in [0.15, 0.2) is 16.6 Å². The number of carbonyl (C=O) groups is 1. The van der Waals surface area contributed by atoms with Crippen LogP contribution in [0.4, 0.5) is 10.1 Å². The number of nitrogens with zero attached hydrogens (tertiary/aromatic N) is 1. The minimum Gasteiger partial charge on any atom is -0.309 e. The number of halogens is 2. The van der Waals surface area contributed by atoms with Gasteiger partial charge in [0.2, 0.25) is 5.91 Å². The average molecular weight is 318 g/mol. The van der Waals surface area contributed by atoms with E-state index in [1.54, 1.807) is 6.07 Å². The largest absolute Gasteiger partial charge is 0.309 e. The Kier molecular flexibility index (Phi) is 3.78. The lowest BCUT2D eigenvalue weighted by Crippen LogP contribution is -2.25. The lowest BCUT2D eigenvalue weighted by Gasteiger charge is -2.18. The van der Waals surface area contributed by atoms with E-state index in [2.05, 4.69) is 28.6 Å². The average Bonchev–Trinajstić information content (AvgIpc) is 2.65. The van der Waals surface area contributed by atoms with Crippen LogP contribution in [0.5, 0.6) is 0 Å². The second kappa shape index (κ2) is 4.98. The summed E-state index contributed by atoms with van der Waals surface area (Å²) in [5.74, 6) is 0.480. The van der Waals surface area contributed by atoms with Crippen molar-refractivity contribution in [2.75, 3.05) is 17.2 Å². The van der Waals surface area contributed by atoms with Gasteiger partial charge >= 0.3 is 0 Å². The first-order chi connectivity index (χ1) is 8.02. The molecule has 1 fully saturated rings. The van der Waals surface area contributed by atoms with E-state index in [1.165, 1.54) is 11.0 Å². The summed E-state index contributed by atoms with van der Waals surface area (Å²) in [6.07, 6.45) is 0.456. The molecule has 92 valence electrons. The molecule has 0 saturated carbocycles. The van der Waals surface area contributed by atoms with Gasteiger partial charge in [0.25, 0.3) is 0 Å². The van der Waals surface area contributed by atoms with Crippen molar-refractivity contribution in [3.8, 4) is 0 Å². The third kappa shape index (κ3) is 2.50. The lowest BCUT2D eigenvalue weighted by molar-refractivity contribution is -0.117. The third-order valence-corrected chi connectivity index (χ3v) is 4.35. The molecular weight excluding hydrogens is 305 g/mol. The first-order valence-electron chi connectivity index (χ1n) is 5.39. The van der Waals surface area contributed by atoms with E-state index in [4.69, 9.17) is 0 Å². The molecule has 0 N–H and O–H groups in total. The molecule has 17 heavy (non-hydrogen) atoms. The monoisotopic (exact) mass is 317 g/mol. The van der Waals surface area contributed by atoms with Crippen LogP contribution in [0.1, 0.15) is 12.0 Å². The van der Waals surface area contributed by atoms with Crippen LogP contribution in [0.25, 0.3) is 0 Å². The molecule has 0 aliphatic carbocycles. The Bertz CT molecular complexity index is 466. The third-order valence-electron chi connectivity index (χ3n) is 2.98. The number of benzene rings is 1. The fraction of sp³-hybridized carbons (Fsp3) is 0.417. The van der Waals surface area contributed by atoms with E-state index in [-0.39, 0.29) is 17.6 Å². The van der Waals surface area contributed by atoms with E-state index in [1.807, 2.05) is 6.92 Å². The maximum Gasteiger partial charge on any atom is 0.227 e. The van der Waals surface area contributed by atoms with Crippen LogP contribution in [0.3, 0.4) is 0 Å². The lowest BCUT2D eigenvalue weighted by atomic mass is 10.1. The fourth-order valence-corrected chi connectivity index (χ4v) is 2.55. The van der Waals surface area contributed by atoms with Gasteiger partial charge in [-0.3, -0.25) is 4.79 Å². The Morgan fingerprint density at radius 1 is 1.59 bits per heavy atom. The second-order valence-electron chi connectivity index (χ2n) is 4.31. The van der Waals surface area contributed by atoms with E-state index >= 15 is 0 Å². The van der Waals surface area contributed by atoms with Gasteiger partial charge in [-0.1, -0.05) is 15.9 Å². The molecule has 0 radical (unpaired) electrons. The predicted molar refractivity (Wildman–Crippen MR) is 73.2 cm³/mol. The van der Waals surface area contributed by atoms with Crippen LogP contribution >= 0.6 is 28.6 Å². The van der Waals surface area contributed by atoms with Gasteiger partial charge in [-0.25, -0.2) is 4.39 Å². The van der Waals surface area contributed by atoms with Crippen molar-refractivity contribution in [2.24, 2.45) is 5.92 Å². The van der Waals surface area contributed by atoms with E-state index in [0.717, 1.165) is 10.0 Å². The Labute approximate surface area is 114 Å². The number of anilines is 1. The van der Waals surface area contributed by atoms with Gasteiger partial charge in [-0.15, -0.1) is 0 Å². The molecule has 1 unspecified atom stereocenters. The number of hydrogen-bond donors (Lipinski definition) is 1. The first kappa shape index (κ1) is 12.9. The molecule has 0 aromatic heterocycles. The number of hydrogen-bond acceptors (Lipinski definition) is 2. The minimum atomic E-state index is -0.365. The highest BCUT2D eigenvalue weighted by Gasteiger charge is 2.31. The van der Waals surface area contributed by atoms with Crippen molar-refractivity contribution in [3.63, 3.8) is 0 Å². The van der Waals surface area contributed by atoms with Crippen molar-refractivity contribution in [1.29, 1.82) is 0 Å². The zero-order valence-electron chi connectivity index (χ0n) is 9.41. The Morgan fingerprint density at radius 2 is 2.29 bits per heavy atom. The smallest absolute Gasteiger partial charge is 0.227 e. The zero-order chi connectivity index (χ0) is 12.6. The summed E-state index contributed by atoms with van der Waals surface area (Å²) in [5, 5.41) is 0. The number of amides is 1. The molecular formula is C12H13BrFNOS. The fourth-order valence-electron chi connectivity index (χ4n) is 1.99. The number of rotatable bonds is 2. The van der Waals surface area contributed by atoms with Crippen molar-refractivity contribution < 1.29 is 9.18 Å². The first-order valence-corrected chi connectivity index (χ1v) is 6.82. The summed E-state index contributed by atoms with van der Waals surface area (Å²) < 4.78 is 14.6. The summed E-state index contributed by atoms with van der Waals surface area (Å²) in [6, 6.07) is 3.12. The van der Waals surface area contributed by atoms with Crippen molar-refractivity contribution in [2.45, 2.75) is 13.3 Å². The standard InChI is InChI=1S/C12H13BrFNOS/c1-7-2-11(10(14)4-9(7)13)15-5-8(6-17)3-12(15)16/h2,4,8,17H,3,5-6H2,1H3. The normalized spacial score (nSPS) is 20.1. The molecule has 2 rings (SSSR count). The van der Waals surface area contributed by atoms with E-state index in [9.17, 15) is 9.18 Å². The molecule has 2 nitrogen and oxygen atoms in total. The van der Waals surface area contributed by atoms with E-state index < -0.39 is 0 Å². The summed E-state index contributed by atoms with van der Waals surface area (Å²) in [4.78, 5) is 13.3. The highest BCUT2D eigenvalue weighted by molar-refractivity contribution is 9.10. The van der Waals surface area contributed by atoms with E-state index in [0.29, 0.717) is 24.4 Å². The topological polar surface area (TPSA) is 20.3 Å². The highest BCUT2D eigenvalue weighted by atomic mass is 79.9. The molecule has 1 aromatic rings. The van der Waals surface area contributed by atoms with Crippen LogP contribution in [0.2, 0.25) is 0 Å². The molecule has 0 spiro atoms. The maximum absolute atomic E-state index is 13.8. The van der Waals surface area contributed by atoms with Crippen LogP contribution in [0, 0.1) is 18.7 Å². The summed E-state index contributed by atoms with van der Waals surface area (Å²) >= 11 is 7.47. The van der Waals surface area contributed by atoms with Crippen LogP contribution in [-0.4, -0.2) is 18.2 Å². The number of thiol groups is 1. The minimum absolute atomic E-state index is 0.0235. The van der Waals surface area contributed by atoms with Gasteiger partial charge in [-0.05, 0) is 36.3 Å². The van der Waals surface area contributed by atoms with Crippen molar-refractivity contribution in [1.82, 2.24) is 0 Å². The molecule has 1 aromatic carbocycles. The number of aryl methyl sites for hydroxylation is 1. The maximum atomic E-state index is 13.8. The SMILES string of the molecule is Cc1cc(N2CC(CS)CC2=O)c(F)cc1Br. The second-order valence-corrected chi connectivity index (χ2v) is 5.53. The van der Waals surface area contributed by atoms with Gasteiger partial charge < -0.3 is 4.90 Å². The van der Waals surface area contributed by atoms with Crippen molar-refractivity contribution >= 4 is 40.2 Å². The van der Waals surface area contributed by atoms with Gasteiger partial charge in [-0.2, -0.15) is 12.6 Å². The van der Waals surface area contributed by atoms with Gasteiger partial charge in [0.05, 0.1) is 5.69 Å². The predicted octanol–water partition coefficient (Wildman–Crippen LogP) is 3.18. The van der Waals surface area contributed by atoms with Crippen LogP contribution < -0.4 is 4.90 Å². The summed E-state index contributed by atoms with van der Waals surface area (Å²) in [7, 11) is 0. The van der Waals surface area contributed by atoms with Crippen molar-refractivity contribution in [3.05, 3.63) is 28.0 Å². The summed E-state index contributed by atoms with van der Waals surface area (Å²) in [6.45, 7) is 2.43. The molecule has 1 heterocycles. The Morgan fingerprint density at radius 3 is 2.88 bits per heavy atom. The zero-order valence-corrected chi connectivity index (χ0v) is 11.9. The Balaban J connectivity index is 2.35.